The molecule has 0 unspecified atom stereocenters. The summed E-state index contributed by atoms with van der Waals surface area (Å²) in [6.07, 6.45) is -4.56. The van der Waals surface area contributed by atoms with E-state index in [2.05, 4.69) is 5.32 Å². The topological polar surface area (TPSA) is 56.8 Å². The number of hydrogen-bond donors (Lipinski definition) is 1. The van der Waals surface area contributed by atoms with Crippen molar-refractivity contribution in [3.05, 3.63) is 48.0 Å². The minimum atomic E-state index is -4.56. The molecule has 0 radical (unpaired) electrons. The molecule has 0 fully saturated rings. The van der Waals surface area contributed by atoms with Gasteiger partial charge in [-0.05, 0) is 24.3 Å². The number of hydrogen-bond acceptors (Lipinski definition) is 4. The fourth-order valence-electron chi connectivity index (χ4n) is 2.06. The van der Waals surface area contributed by atoms with Crippen molar-refractivity contribution in [2.75, 3.05) is 26.1 Å². The highest BCUT2D eigenvalue weighted by molar-refractivity contribution is 5.93. The van der Waals surface area contributed by atoms with E-state index >= 15 is 0 Å². The first-order chi connectivity index (χ1) is 11.8. The van der Waals surface area contributed by atoms with E-state index in [4.69, 9.17) is 14.2 Å². The molecule has 0 saturated carbocycles. The van der Waals surface area contributed by atoms with Crippen LogP contribution in [-0.4, -0.2) is 26.7 Å². The monoisotopic (exact) mass is 355 g/mol. The van der Waals surface area contributed by atoms with Crippen LogP contribution in [0.5, 0.6) is 17.2 Å². The maximum Gasteiger partial charge on any atom is 0.419 e. The number of alkyl halides is 3. The summed E-state index contributed by atoms with van der Waals surface area (Å²) in [5, 5.41) is 2.52. The van der Waals surface area contributed by atoms with Crippen molar-refractivity contribution in [3.8, 4) is 17.2 Å². The van der Waals surface area contributed by atoms with E-state index in [1.165, 1.54) is 26.4 Å². The summed E-state index contributed by atoms with van der Waals surface area (Å²) >= 11 is 0. The number of nitrogens with one attached hydrogen (secondary N) is 1. The van der Waals surface area contributed by atoms with Crippen LogP contribution >= 0.6 is 0 Å². The molecular formula is C17H16F3NO4. The summed E-state index contributed by atoms with van der Waals surface area (Å²) in [4.78, 5) is 12.0. The molecule has 2 aromatic rings. The standard InChI is InChI=1S/C17H16F3NO4/c1-23-11-7-8-13(15(9-11)24-2)21-16(22)10-25-14-6-4-3-5-12(14)17(18,19)20/h3-9H,10H2,1-2H3,(H,21,22). The fourth-order valence-corrected chi connectivity index (χ4v) is 2.06. The van der Waals surface area contributed by atoms with Crippen molar-refractivity contribution >= 4 is 11.6 Å². The van der Waals surface area contributed by atoms with Gasteiger partial charge in [0, 0.05) is 6.07 Å². The highest BCUT2D eigenvalue weighted by Crippen LogP contribution is 2.36. The van der Waals surface area contributed by atoms with Gasteiger partial charge in [-0.1, -0.05) is 12.1 Å². The quantitative estimate of drug-likeness (QED) is 0.858. The highest BCUT2D eigenvalue weighted by Gasteiger charge is 2.34. The molecule has 0 heterocycles. The zero-order chi connectivity index (χ0) is 18.4. The van der Waals surface area contributed by atoms with Gasteiger partial charge in [0.05, 0.1) is 25.5 Å². The molecule has 0 saturated heterocycles. The Kier molecular flexibility index (Phi) is 5.74. The Morgan fingerprint density at radius 3 is 2.40 bits per heavy atom. The molecular weight excluding hydrogens is 339 g/mol. The minimum absolute atomic E-state index is 0.348. The van der Waals surface area contributed by atoms with Gasteiger partial charge in [0.2, 0.25) is 0 Å². The smallest absolute Gasteiger partial charge is 0.419 e. The fraction of sp³-hybridized carbons (Fsp3) is 0.235. The molecule has 0 atom stereocenters. The van der Waals surface area contributed by atoms with Crippen molar-refractivity contribution < 1.29 is 32.2 Å². The molecule has 2 aromatic carbocycles. The summed E-state index contributed by atoms with van der Waals surface area (Å²) < 4.78 is 53.8. The predicted molar refractivity (Wildman–Crippen MR) is 85.1 cm³/mol. The molecule has 1 amide bonds. The second-order valence-corrected chi connectivity index (χ2v) is 4.90. The molecule has 0 aromatic heterocycles. The molecule has 5 nitrogen and oxygen atoms in total. The Balaban J connectivity index is 2.05. The Morgan fingerprint density at radius 1 is 1.04 bits per heavy atom. The van der Waals surface area contributed by atoms with Gasteiger partial charge in [-0.3, -0.25) is 4.79 Å². The maximum atomic E-state index is 12.9. The third kappa shape index (κ3) is 4.79. The number of carbonyl (C=O) groups is 1. The summed E-state index contributed by atoms with van der Waals surface area (Å²) in [6.45, 7) is -0.581. The Labute approximate surface area is 142 Å². The number of rotatable bonds is 6. The molecule has 8 heteroatoms. The van der Waals surface area contributed by atoms with Crippen LogP contribution in [0.2, 0.25) is 0 Å². The van der Waals surface area contributed by atoms with Crippen LogP contribution in [-0.2, 0) is 11.0 Å². The molecule has 134 valence electrons. The van der Waals surface area contributed by atoms with Gasteiger partial charge in [0.15, 0.2) is 6.61 Å². The van der Waals surface area contributed by atoms with Gasteiger partial charge >= 0.3 is 6.18 Å². The lowest BCUT2D eigenvalue weighted by molar-refractivity contribution is -0.139. The van der Waals surface area contributed by atoms with Crippen molar-refractivity contribution in [3.63, 3.8) is 0 Å². The van der Waals surface area contributed by atoms with Gasteiger partial charge in [0.1, 0.15) is 17.2 Å². The maximum absolute atomic E-state index is 12.9. The number of halogens is 3. The summed E-state index contributed by atoms with van der Waals surface area (Å²) in [7, 11) is 2.90. The average Bonchev–Trinajstić information content (AvgIpc) is 2.59. The Hall–Kier alpha value is -2.90. The normalized spacial score (nSPS) is 10.9. The molecule has 0 bridgehead atoms. The molecule has 0 spiro atoms. The minimum Gasteiger partial charge on any atom is -0.497 e. The van der Waals surface area contributed by atoms with E-state index in [-0.39, 0.29) is 0 Å². The van der Waals surface area contributed by atoms with Gasteiger partial charge < -0.3 is 19.5 Å². The predicted octanol–water partition coefficient (Wildman–Crippen LogP) is 3.74. The molecule has 0 aliphatic heterocycles. The second kappa shape index (κ2) is 7.78. The molecule has 1 N–H and O–H groups in total. The molecule has 2 rings (SSSR count). The van der Waals surface area contributed by atoms with Crippen LogP contribution in [0, 0.1) is 0 Å². The third-order valence-corrected chi connectivity index (χ3v) is 3.23. The molecule has 0 aliphatic carbocycles. The first-order valence-electron chi connectivity index (χ1n) is 7.16. The van der Waals surface area contributed by atoms with E-state index < -0.39 is 30.0 Å². The second-order valence-electron chi connectivity index (χ2n) is 4.90. The van der Waals surface area contributed by atoms with Crippen LogP contribution in [0.15, 0.2) is 42.5 Å². The zero-order valence-corrected chi connectivity index (χ0v) is 13.5. The number of carbonyl (C=O) groups excluding carboxylic acids is 1. The first kappa shape index (κ1) is 18.4. The van der Waals surface area contributed by atoms with Crippen molar-refractivity contribution in [1.82, 2.24) is 0 Å². The number of para-hydroxylation sites is 1. The van der Waals surface area contributed by atoms with E-state index in [0.29, 0.717) is 17.2 Å². The lowest BCUT2D eigenvalue weighted by Gasteiger charge is -2.14. The van der Waals surface area contributed by atoms with E-state index in [9.17, 15) is 18.0 Å². The SMILES string of the molecule is COc1ccc(NC(=O)COc2ccccc2C(F)(F)F)c(OC)c1. The summed E-state index contributed by atoms with van der Waals surface area (Å²) in [6, 6.07) is 9.42. The summed E-state index contributed by atoms with van der Waals surface area (Å²) in [5.41, 5.74) is -0.592. The number of anilines is 1. The van der Waals surface area contributed by atoms with E-state index in [1.807, 2.05) is 0 Å². The molecule has 0 aliphatic rings. The van der Waals surface area contributed by atoms with E-state index in [1.54, 1.807) is 18.2 Å². The van der Waals surface area contributed by atoms with E-state index in [0.717, 1.165) is 12.1 Å². The summed E-state index contributed by atoms with van der Waals surface area (Å²) in [5.74, 6) is -0.152. The first-order valence-corrected chi connectivity index (χ1v) is 7.16. The van der Waals surface area contributed by atoms with Crippen LogP contribution in [0.3, 0.4) is 0 Å². The number of ether oxygens (including phenoxy) is 3. The van der Waals surface area contributed by atoms with Gasteiger partial charge in [-0.2, -0.15) is 13.2 Å². The largest absolute Gasteiger partial charge is 0.497 e. The van der Waals surface area contributed by atoms with Gasteiger partial charge in [-0.15, -0.1) is 0 Å². The van der Waals surface area contributed by atoms with Crippen LogP contribution < -0.4 is 19.5 Å². The van der Waals surface area contributed by atoms with Gasteiger partial charge in [0.25, 0.3) is 5.91 Å². The molecule has 25 heavy (non-hydrogen) atoms. The van der Waals surface area contributed by atoms with Crippen molar-refractivity contribution in [2.45, 2.75) is 6.18 Å². The number of benzene rings is 2. The average molecular weight is 355 g/mol. The lowest BCUT2D eigenvalue weighted by Crippen LogP contribution is -2.21. The van der Waals surface area contributed by atoms with Crippen LogP contribution in [0.1, 0.15) is 5.56 Å². The lowest BCUT2D eigenvalue weighted by atomic mass is 10.2. The number of methoxy groups -OCH3 is 2. The van der Waals surface area contributed by atoms with Crippen LogP contribution in [0.4, 0.5) is 18.9 Å². The Morgan fingerprint density at radius 2 is 1.76 bits per heavy atom. The Bertz CT molecular complexity index is 747. The van der Waals surface area contributed by atoms with Crippen LogP contribution in [0.25, 0.3) is 0 Å². The zero-order valence-electron chi connectivity index (χ0n) is 13.5. The van der Waals surface area contributed by atoms with Crippen molar-refractivity contribution in [1.29, 1.82) is 0 Å². The van der Waals surface area contributed by atoms with Crippen molar-refractivity contribution in [2.24, 2.45) is 0 Å². The van der Waals surface area contributed by atoms with Gasteiger partial charge in [-0.25, -0.2) is 0 Å². The number of amides is 1. The third-order valence-electron chi connectivity index (χ3n) is 3.23. The highest BCUT2D eigenvalue weighted by atomic mass is 19.4.